The summed E-state index contributed by atoms with van der Waals surface area (Å²) in [5.74, 6) is 0.359. The molecule has 1 aromatic heterocycles. The number of benzene rings is 2. The molecule has 7 nitrogen and oxygen atoms in total. The van der Waals surface area contributed by atoms with Crippen LogP contribution in [0, 0.1) is 13.8 Å². The number of amides is 1. The molecule has 3 rings (SSSR count). The van der Waals surface area contributed by atoms with Crippen LogP contribution in [0.15, 0.2) is 57.8 Å². The highest BCUT2D eigenvalue weighted by molar-refractivity contribution is 8.01. The Hall–Kier alpha value is -2.43. The normalized spacial score (nSPS) is 11.3. The molecule has 158 valence electrons. The van der Waals surface area contributed by atoms with E-state index >= 15 is 0 Å². The molecule has 1 N–H and O–H groups in total. The van der Waals surface area contributed by atoms with Gasteiger partial charge < -0.3 is 0 Å². The fraction of sp³-hybridized carbons (Fsp3) is 0.250. The van der Waals surface area contributed by atoms with Crippen LogP contribution in [-0.2, 0) is 14.8 Å². The van der Waals surface area contributed by atoms with E-state index in [2.05, 4.69) is 15.5 Å². The lowest BCUT2D eigenvalue weighted by molar-refractivity contribution is -0.114. The molecule has 0 unspecified atom stereocenters. The van der Waals surface area contributed by atoms with Gasteiger partial charge in [0, 0.05) is 0 Å². The van der Waals surface area contributed by atoms with Gasteiger partial charge in [-0.1, -0.05) is 60.4 Å². The van der Waals surface area contributed by atoms with Crippen molar-refractivity contribution in [3.05, 3.63) is 59.7 Å². The number of nitrogens with one attached hydrogen (secondary N) is 1. The zero-order valence-corrected chi connectivity index (χ0v) is 19.3. The summed E-state index contributed by atoms with van der Waals surface area (Å²) in [6, 6.07) is 13.6. The van der Waals surface area contributed by atoms with Crippen LogP contribution in [0.1, 0.15) is 18.1 Å². The first-order valence-corrected chi connectivity index (χ1v) is 12.5. The summed E-state index contributed by atoms with van der Waals surface area (Å²) in [7, 11) is -3.95. The number of hydrogen-bond acceptors (Lipinski definition) is 7. The van der Waals surface area contributed by atoms with Crippen molar-refractivity contribution < 1.29 is 13.2 Å². The van der Waals surface area contributed by atoms with Crippen LogP contribution in [0.2, 0.25) is 0 Å². The molecule has 0 fully saturated rings. The largest absolute Gasteiger partial charge is 0.299 e. The van der Waals surface area contributed by atoms with E-state index in [1.165, 1.54) is 35.2 Å². The second kappa shape index (κ2) is 9.59. The van der Waals surface area contributed by atoms with Gasteiger partial charge in [0.2, 0.25) is 11.0 Å². The summed E-state index contributed by atoms with van der Waals surface area (Å²) in [5.41, 5.74) is 2.12. The predicted molar refractivity (Wildman–Crippen MR) is 122 cm³/mol. The van der Waals surface area contributed by atoms with Gasteiger partial charge in [0.05, 0.1) is 10.6 Å². The van der Waals surface area contributed by atoms with Gasteiger partial charge in [-0.25, -0.2) is 8.42 Å². The summed E-state index contributed by atoms with van der Waals surface area (Å²) in [6.45, 7) is 5.32. The fourth-order valence-electron chi connectivity index (χ4n) is 2.74. The number of thioether (sulfide) groups is 1. The highest BCUT2D eigenvalue weighted by atomic mass is 32.2. The molecule has 0 bridgehead atoms. The molecule has 0 aliphatic carbocycles. The molecule has 30 heavy (non-hydrogen) atoms. The van der Waals surface area contributed by atoms with Crippen molar-refractivity contribution in [3.8, 4) is 0 Å². The molecule has 0 atom stereocenters. The molecule has 1 amide bonds. The van der Waals surface area contributed by atoms with E-state index in [0.717, 1.165) is 25.5 Å². The fourth-order valence-corrected chi connectivity index (χ4v) is 5.90. The molecule has 0 saturated heterocycles. The van der Waals surface area contributed by atoms with Gasteiger partial charge in [0.15, 0.2) is 4.34 Å². The maximum Gasteiger partial charge on any atom is 0.264 e. The summed E-state index contributed by atoms with van der Waals surface area (Å²) >= 11 is 2.79. The first-order chi connectivity index (χ1) is 14.3. The third-order valence-electron chi connectivity index (χ3n) is 4.17. The molecule has 0 aliphatic rings. The Morgan fingerprint density at radius 1 is 1.13 bits per heavy atom. The monoisotopic (exact) mass is 462 g/mol. The summed E-state index contributed by atoms with van der Waals surface area (Å²) in [6.07, 6.45) is 0. The molecule has 2 aromatic carbocycles. The van der Waals surface area contributed by atoms with Gasteiger partial charge in [-0.05, 0) is 48.9 Å². The van der Waals surface area contributed by atoms with Crippen LogP contribution in [0.3, 0.4) is 0 Å². The van der Waals surface area contributed by atoms with Crippen molar-refractivity contribution in [2.45, 2.75) is 30.0 Å². The third-order valence-corrected chi connectivity index (χ3v) is 7.80. The molecule has 0 radical (unpaired) electrons. The van der Waals surface area contributed by atoms with Gasteiger partial charge in [-0.2, -0.15) is 0 Å². The molecule has 10 heteroatoms. The number of aryl methyl sites for hydroxylation is 2. The van der Waals surface area contributed by atoms with E-state index in [1.54, 1.807) is 24.3 Å². The van der Waals surface area contributed by atoms with Gasteiger partial charge in [0.1, 0.15) is 6.54 Å². The first kappa shape index (κ1) is 22.3. The van der Waals surface area contributed by atoms with Gasteiger partial charge in [0.25, 0.3) is 10.0 Å². The molecule has 0 saturated carbocycles. The average molecular weight is 463 g/mol. The second-order valence-electron chi connectivity index (χ2n) is 6.47. The Kier molecular flexibility index (Phi) is 7.11. The van der Waals surface area contributed by atoms with Crippen LogP contribution in [0.25, 0.3) is 0 Å². The predicted octanol–water partition coefficient (Wildman–Crippen LogP) is 4.10. The quantitative estimate of drug-likeness (QED) is 0.400. The summed E-state index contributed by atoms with van der Waals surface area (Å²) in [5, 5.41) is 11.0. The number of aromatic nitrogens is 2. The Morgan fingerprint density at radius 2 is 1.87 bits per heavy atom. The van der Waals surface area contributed by atoms with Crippen LogP contribution in [0.4, 0.5) is 10.8 Å². The third kappa shape index (κ3) is 5.18. The number of carbonyl (C=O) groups excluding carboxylic acids is 1. The molecular formula is C20H22N4O3S3. The van der Waals surface area contributed by atoms with E-state index in [4.69, 9.17) is 0 Å². The van der Waals surface area contributed by atoms with E-state index in [-0.39, 0.29) is 11.4 Å². The van der Waals surface area contributed by atoms with Crippen molar-refractivity contribution in [2.75, 3.05) is 21.9 Å². The highest BCUT2D eigenvalue weighted by Gasteiger charge is 2.28. The summed E-state index contributed by atoms with van der Waals surface area (Å²) < 4.78 is 28.7. The average Bonchev–Trinajstić information content (AvgIpc) is 3.16. The molecule has 0 spiro atoms. The minimum absolute atomic E-state index is 0.122. The Balaban J connectivity index is 1.93. The number of sulfonamides is 1. The van der Waals surface area contributed by atoms with Gasteiger partial charge >= 0.3 is 0 Å². The van der Waals surface area contributed by atoms with Crippen molar-refractivity contribution in [2.24, 2.45) is 0 Å². The number of hydrogen-bond donors (Lipinski definition) is 1. The van der Waals surface area contributed by atoms with E-state index in [9.17, 15) is 13.2 Å². The lowest BCUT2D eigenvalue weighted by Crippen LogP contribution is -2.38. The number of nitrogens with zero attached hydrogens (tertiary/aromatic N) is 3. The second-order valence-corrected chi connectivity index (χ2v) is 10.8. The van der Waals surface area contributed by atoms with Gasteiger partial charge in [-0.15, -0.1) is 10.2 Å². The van der Waals surface area contributed by atoms with E-state index in [0.29, 0.717) is 10.8 Å². The van der Waals surface area contributed by atoms with Crippen LogP contribution < -0.4 is 9.62 Å². The minimum atomic E-state index is -3.95. The van der Waals surface area contributed by atoms with Crippen LogP contribution in [-0.4, -0.2) is 36.8 Å². The van der Waals surface area contributed by atoms with Crippen LogP contribution >= 0.6 is 23.1 Å². The zero-order chi connectivity index (χ0) is 21.7. The Bertz CT molecular complexity index is 1130. The number of carbonyl (C=O) groups is 1. The molecule has 3 aromatic rings. The molecule has 1 heterocycles. The standard InChI is InChI=1S/C20H22N4O3S3/c1-4-28-20-23-22-19(29-20)21-18(25)13-24(17-12-14(2)10-11-15(17)3)30(26,27)16-8-6-5-7-9-16/h5-12H,4,13H2,1-3H3,(H,21,22,25). The number of rotatable bonds is 8. The maximum atomic E-state index is 13.4. The molecule has 0 aliphatic heterocycles. The smallest absolute Gasteiger partial charge is 0.264 e. The summed E-state index contributed by atoms with van der Waals surface area (Å²) in [4.78, 5) is 12.9. The van der Waals surface area contributed by atoms with Crippen LogP contribution in [0.5, 0.6) is 0 Å². The minimum Gasteiger partial charge on any atom is -0.299 e. The Morgan fingerprint density at radius 3 is 2.57 bits per heavy atom. The van der Waals surface area contributed by atoms with E-state index < -0.39 is 15.9 Å². The number of anilines is 2. The lowest BCUT2D eigenvalue weighted by atomic mass is 10.1. The zero-order valence-electron chi connectivity index (χ0n) is 16.8. The highest BCUT2D eigenvalue weighted by Crippen LogP contribution is 2.29. The SMILES string of the molecule is CCSc1nnc(NC(=O)CN(c2cc(C)ccc2C)S(=O)(=O)c2ccccc2)s1. The van der Waals surface area contributed by atoms with Crippen molar-refractivity contribution in [1.82, 2.24) is 10.2 Å². The lowest BCUT2D eigenvalue weighted by Gasteiger charge is -2.25. The van der Waals surface area contributed by atoms with Crippen molar-refractivity contribution >= 4 is 49.8 Å². The van der Waals surface area contributed by atoms with Gasteiger partial charge in [-0.3, -0.25) is 14.4 Å². The van der Waals surface area contributed by atoms with E-state index in [1.807, 2.05) is 32.9 Å². The molecular weight excluding hydrogens is 440 g/mol. The van der Waals surface area contributed by atoms with Crippen molar-refractivity contribution in [3.63, 3.8) is 0 Å². The first-order valence-electron chi connectivity index (χ1n) is 9.22. The van der Waals surface area contributed by atoms with Crippen molar-refractivity contribution in [1.29, 1.82) is 0 Å². The maximum absolute atomic E-state index is 13.4. The Labute approximate surface area is 184 Å². The topological polar surface area (TPSA) is 92.3 Å².